The quantitative estimate of drug-likeness (QED) is 0.555. The highest BCUT2D eigenvalue weighted by molar-refractivity contribution is 6.52. The Hall–Kier alpha value is -2.12. The van der Waals surface area contributed by atoms with Crippen molar-refractivity contribution in [2.45, 2.75) is 6.92 Å². The molecule has 2 aromatic carbocycles. The molecule has 4 nitrogen and oxygen atoms in total. The van der Waals surface area contributed by atoms with Gasteiger partial charge in [0.2, 0.25) is 5.82 Å². The average Bonchev–Trinajstić information content (AvgIpc) is 2.81. The molecule has 0 atom stereocenters. The maximum Gasteiger partial charge on any atom is 0.362 e. The van der Waals surface area contributed by atoms with Gasteiger partial charge in [-0.1, -0.05) is 12.1 Å². The lowest BCUT2D eigenvalue weighted by Crippen LogP contribution is -2.21. The van der Waals surface area contributed by atoms with Crippen LogP contribution in [0.15, 0.2) is 22.6 Å². The Morgan fingerprint density at radius 2 is 2.00 bits per heavy atom. The van der Waals surface area contributed by atoms with E-state index in [0.29, 0.717) is 21.8 Å². The van der Waals surface area contributed by atoms with E-state index in [-0.39, 0.29) is 11.2 Å². The lowest BCUT2D eigenvalue weighted by molar-refractivity contribution is 0.362. The van der Waals surface area contributed by atoms with E-state index in [1.54, 1.807) is 19.1 Å². The van der Waals surface area contributed by atoms with Gasteiger partial charge < -0.3 is 14.3 Å². The number of benzene rings is 2. The number of furan rings is 1. The summed E-state index contributed by atoms with van der Waals surface area (Å²) in [5, 5.41) is 10.2. The van der Waals surface area contributed by atoms with Crippen molar-refractivity contribution in [1.82, 2.24) is 0 Å². The summed E-state index contributed by atoms with van der Waals surface area (Å²) in [5.41, 5.74) is 0.356. The number of fused-ring (bicyclic) bond motifs is 3. The first-order chi connectivity index (χ1) is 9.54. The number of hydrogen-bond acceptors (Lipinski definition) is 4. The van der Waals surface area contributed by atoms with Crippen molar-refractivity contribution in [1.29, 1.82) is 0 Å². The van der Waals surface area contributed by atoms with Crippen LogP contribution in [0.3, 0.4) is 0 Å². The molecule has 0 unspecified atom stereocenters. The van der Waals surface area contributed by atoms with Crippen LogP contribution >= 0.6 is 0 Å². The van der Waals surface area contributed by atoms with E-state index in [1.807, 2.05) is 0 Å². The number of halogens is 2. The van der Waals surface area contributed by atoms with Crippen molar-refractivity contribution in [2.75, 3.05) is 0 Å². The summed E-state index contributed by atoms with van der Waals surface area (Å²) >= 11 is 0. The zero-order chi connectivity index (χ0) is 14.4. The summed E-state index contributed by atoms with van der Waals surface area (Å²) in [4.78, 5) is 0. The van der Waals surface area contributed by atoms with Crippen molar-refractivity contribution in [3.8, 4) is 5.75 Å². The van der Waals surface area contributed by atoms with Crippen LogP contribution in [-0.4, -0.2) is 12.6 Å². The van der Waals surface area contributed by atoms with Gasteiger partial charge in [-0.05, 0) is 24.0 Å². The summed E-state index contributed by atoms with van der Waals surface area (Å²) in [5.74, 6) is 2.81. The molecule has 7 heteroatoms. The molecule has 20 heavy (non-hydrogen) atoms. The predicted molar refractivity (Wildman–Crippen MR) is 70.7 cm³/mol. The lowest BCUT2D eigenvalue weighted by Gasteiger charge is -2.02. The number of hydrogen-bond donors (Lipinski definition) is 2. The standard InChI is InChI=1S/C13H9BF2NO3/c1-5-2-3-6-9-7(14-20-17)4-8(18)11(16)13(9)19-12(6)10(5)15/h2-4,18H,17H2,1H3. The average molecular weight is 276 g/mol. The van der Waals surface area contributed by atoms with Crippen molar-refractivity contribution in [3.05, 3.63) is 35.4 Å². The summed E-state index contributed by atoms with van der Waals surface area (Å²) in [6, 6.07) is 4.31. The van der Waals surface area contributed by atoms with Crippen molar-refractivity contribution < 1.29 is 23.1 Å². The van der Waals surface area contributed by atoms with E-state index < -0.39 is 17.4 Å². The second kappa shape index (κ2) is 4.47. The van der Waals surface area contributed by atoms with Crippen LogP contribution in [0.25, 0.3) is 21.9 Å². The number of phenols is 1. The van der Waals surface area contributed by atoms with Gasteiger partial charge in [0.15, 0.2) is 22.7 Å². The number of nitrogens with two attached hydrogens (primary N) is 1. The fraction of sp³-hybridized carbons (Fsp3) is 0.0769. The van der Waals surface area contributed by atoms with Crippen LogP contribution in [0.5, 0.6) is 5.75 Å². The molecule has 0 bridgehead atoms. The molecule has 0 amide bonds. The maximum absolute atomic E-state index is 14.0. The number of aromatic hydroxyl groups is 1. The molecular weight excluding hydrogens is 267 g/mol. The number of rotatable bonds is 2. The van der Waals surface area contributed by atoms with E-state index in [2.05, 4.69) is 4.76 Å². The largest absolute Gasteiger partial charge is 0.505 e. The van der Waals surface area contributed by atoms with Gasteiger partial charge in [-0.15, -0.1) is 0 Å². The van der Waals surface area contributed by atoms with Gasteiger partial charge in [0.25, 0.3) is 0 Å². The van der Waals surface area contributed by atoms with Crippen molar-refractivity contribution >= 4 is 34.9 Å². The normalized spacial score (nSPS) is 11.4. The zero-order valence-corrected chi connectivity index (χ0v) is 10.4. The third-order valence-electron chi connectivity index (χ3n) is 3.19. The highest BCUT2D eigenvalue weighted by Crippen LogP contribution is 2.34. The monoisotopic (exact) mass is 276 g/mol. The summed E-state index contributed by atoms with van der Waals surface area (Å²) in [6.45, 7) is 1.58. The number of aryl methyl sites for hydroxylation is 1. The summed E-state index contributed by atoms with van der Waals surface area (Å²) < 4.78 is 37.6. The van der Waals surface area contributed by atoms with Gasteiger partial charge in [0.05, 0.1) is 0 Å². The lowest BCUT2D eigenvalue weighted by atomic mass is 9.84. The smallest absolute Gasteiger partial charge is 0.362 e. The molecule has 1 radical (unpaired) electrons. The molecule has 1 heterocycles. The molecule has 3 rings (SSSR count). The fourth-order valence-electron chi connectivity index (χ4n) is 2.23. The van der Waals surface area contributed by atoms with E-state index >= 15 is 0 Å². The summed E-state index contributed by atoms with van der Waals surface area (Å²) in [6.07, 6.45) is 0. The second-order valence-corrected chi connectivity index (χ2v) is 4.43. The minimum Gasteiger partial charge on any atom is -0.505 e. The van der Waals surface area contributed by atoms with Crippen molar-refractivity contribution in [3.63, 3.8) is 0 Å². The van der Waals surface area contributed by atoms with Gasteiger partial charge in [-0.3, -0.25) is 0 Å². The molecule has 1 aromatic heterocycles. The van der Waals surface area contributed by atoms with Crippen LogP contribution in [0, 0.1) is 18.6 Å². The Balaban J connectivity index is 2.52. The molecule has 0 aliphatic rings. The molecule has 3 aromatic rings. The van der Waals surface area contributed by atoms with Crippen LogP contribution in [0.1, 0.15) is 5.56 Å². The van der Waals surface area contributed by atoms with E-state index in [1.165, 1.54) is 0 Å². The predicted octanol–water partition coefficient (Wildman–Crippen LogP) is 2.01. The topological polar surface area (TPSA) is 68.6 Å². The molecule has 0 spiro atoms. The van der Waals surface area contributed by atoms with Crippen LogP contribution in [0.4, 0.5) is 8.78 Å². The zero-order valence-electron chi connectivity index (χ0n) is 10.4. The molecule has 101 valence electrons. The van der Waals surface area contributed by atoms with Gasteiger partial charge in [0.1, 0.15) is 0 Å². The Labute approximate surface area is 113 Å². The third kappa shape index (κ3) is 1.67. The molecular formula is C13H9BF2NO3. The van der Waals surface area contributed by atoms with E-state index in [4.69, 9.17) is 10.3 Å². The Morgan fingerprint density at radius 3 is 2.70 bits per heavy atom. The molecule has 0 fully saturated rings. The molecule has 0 aliphatic heterocycles. The fourth-order valence-corrected chi connectivity index (χ4v) is 2.23. The number of phenolic OH excluding ortho intramolecular Hbond substituents is 1. The minimum atomic E-state index is -0.956. The molecule has 0 saturated carbocycles. The van der Waals surface area contributed by atoms with Crippen LogP contribution < -0.4 is 11.4 Å². The van der Waals surface area contributed by atoms with Crippen LogP contribution in [-0.2, 0) is 4.76 Å². The van der Waals surface area contributed by atoms with E-state index in [9.17, 15) is 13.9 Å². The molecule has 0 aliphatic carbocycles. The van der Waals surface area contributed by atoms with Gasteiger partial charge in [-0.25, -0.2) is 10.3 Å². The first-order valence-corrected chi connectivity index (χ1v) is 5.76. The highest BCUT2D eigenvalue weighted by atomic mass is 19.1. The van der Waals surface area contributed by atoms with Gasteiger partial charge >= 0.3 is 7.48 Å². The maximum atomic E-state index is 14.0. The summed E-state index contributed by atoms with van der Waals surface area (Å²) in [7, 11) is 1.12. The Morgan fingerprint density at radius 1 is 1.25 bits per heavy atom. The minimum absolute atomic E-state index is 0.0730. The second-order valence-electron chi connectivity index (χ2n) is 4.43. The van der Waals surface area contributed by atoms with Gasteiger partial charge in [-0.2, -0.15) is 4.39 Å². The molecule has 3 N–H and O–H groups in total. The van der Waals surface area contributed by atoms with Crippen molar-refractivity contribution in [2.24, 2.45) is 5.90 Å². The highest BCUT2D eigenvalue weighted by Gasteiger charge is 2.21. The Kier molecular flexibility index (Phi) is 2.88. The van der Waals surface area contributed by atoms with Crippen LogP contribution in [0.2, 0.25) is 0 Å². The van der Waals surface area contributed by atoms with Gasteiger partial charge in [0, 0.05) is 10.8 Å². The first kappa shape index (κ1) is 12.9. The SMILES string of the molecule is Cc1ccc2c(oc3c(F)c(O)cc([B]ON)c32)c1F. The molecule has 0 saturated heterocycles. The first-order valence-electron chi connectivity index (χ1n) is 5.76. The third-order valence-corrected chi connectivity index (χ3v) is 3.19. The van der Waals surface area contributed by atoms with E-state index in [0.717, 1.165) is 13.5 Å². The Bertz CT molecular complexity index is 832.